The summed E-state index contributed by atoms with van der Waals surface area (Å²) in [6.07, 6.45) is 9.55. The van der Waals surface area contributed by atoms with Crippen LogP contribution in [0.2, 0.25) is 0 Å². The van der Waals surface area contributed by atoms with Crippen molar-refractivity contribution in [2.45, 2.75) is 38.9 Å². The molecule has 8 heteroatoms. The zero-order chi connectivity index (χ0) is 31.2. The second-order valence-corrected chi connectivity index (χ2v) is 11.4. The maximum Gasteiger partial charge on any atom is 0.247 e. The summed E-state index contributed by atoms with van der Waals surface area (Å²) in [5.74, 6) is -0.291. The van der Waals surface area contributed by atoms with Crippen LogP contribution in [0, 0.1) is 6.92 Å². The van der Waals surface area contributed by atoms with Crippen molar-refractivity contribution in [1.29, 1.82) is 0 Å². The Labute approximate surface area is 263 Å². The van der Waals surface area contributed by atoms with Crippen molar-refractivity contribution in [3.8, 4) is 11.3 Å². The molecule has 2 amide bonds. The van der Waals surface area contributed by atoms with E-state index in [1.165, 1.54) is 5.56 Å². The van der Waals surface area contributed by atoms with Gasteiger partial charge >= 0.3 is 0 Å². The summed E-state index contributed by atoms with van der Waals surface area (Å²) in [6, 6.07) is 27.3. The Morgan fingerprint density at radius 2 is 1.69 bits per heavy atom. The fourth-order valence-corrected chi connectivity index (χ4v) is 5.87. The van der Waals surface area contributed by atoms with Gasteiger partial charge < -0.3 is 9.80 Å². The molecule has 1 aliphatic rings. The van der Waals surface area contributed by atoms with Gasteiger partial charge in [0.25, 0.3) is 0 Å². The molecule has 0 N–H and O–H groups in total. The number of aryl methyl sites for hydroxylation is 2. The second kappa shape index (κ2) is 13.5. The van der Waals surface area contributed by atoms with Crippen LogP contribution in [0.15, 0.2) is 110 Å². The van der Waals surface area contributed by atoms with E-state index >= 15 is 0 Å². The fraction of sp³-hybridized carbons (Fsp3) is 0.216. The first-order valence-corrected chi connectivity index (χ1v) is 15.2. The van der Waals surface area contributed by atoms with Gasteiger partial charge in [0, 0.05) is 57.1 Å². The van der Waals surface area contributed by atoms with Gasteiger partial charge in [0.15, 0.2) is 0 Å². The third-order valence-corrected chi connectivity index (χ3v) is 8.26. The third kappa shape index (κ3) is 7.07. The molecule has 1 atom stereocenters. The number of nitrogens with zero attached hydrogens (tertiary/aromatic N) is 6. The number of hydrogen-bond acceptors (Lipinski definition) is 5. The first-order chi connectivity index (χ1) is 21.9. The molecule has 226 valence electrons. The lowest BCUT2D eigenvalue weighted by Crippen LogP contribution is -2.52. The Morgan fingerprint density at radius 3 is 2.40 bits per heavy atom. The molecule has 6 rings (SSSR count). The van der Waals surface area contributed by atoms with Crippen LogP contribution in [-0.4, -0.2) is 53.9 Å². The highest BCUT2D eigenvalue weighted by atomic mass is 16.2. The number of carbonyl (C=O) groups is 2. The molecule has 0 fully saturated rings. The van der Waals surface area contributed by atoms with Crippen molar-refractivity contribution in [2.75, 3.05) is 6.54 Å². The van der Waals surface area contributed by atoms with E-state index in [0.29, 0.717) is 19.5 Å². The number of carbonyl (C=O) groups excluding carboxylic acids is 2. The van der Waals surface area contributed by atoms with Crippen LogP contribution in [0.25, 0.3) is 17.3 Å². The van der Waals surface area contributed by atoms with Gasteiger partial charge in [-0.3, -0.25) is 24.2 Å². The van der Waals surface area contributed by atoms with Gasteiger partial charge in [0.05, 0.1) is 23.3 Å². The van der Waals surface area contributed by atoms with Crippen molar-refractivity contribution in [3.63, 3.8) is 0 Å². The molecule has 0 spiro atoms. The molecule has 0 saturated heterocycles. The SMILES string of the molecule is Cc1cc(/C=C/C(=O)N(Cc2ccc(-c3cnccn3)cc2)[C@@H](Cc2ccccc2)C(=O)N2CCc3ccccc3C2)n(C)n1. The van der Waals surface area contributed by atoms with Crippen LogP contribution in [0.3, 0.4) is 0 Å². The molecule has 5 aromatic rings. The van der Waals surface area contributed by atoms with Crippen molar-refractivity contribution in [3.05, 3.63) is 143 Å². The first kappa shape index (κ1) is 29.7. The van der Waals surface area contributed by atoms with E-state index in [9.17, 15) is 9.59 Å². The average Bonchev–Trinajstić information content (AvgIpc) is 3.41. The van der Waals surface area contributed by atoms with Gasteiger partial charge in [-0.1, -0.05) is 78.9 Å². The summed E-state index contributed by atoms with van der Waals surface area (Å²) in [4.78, 5) is 40.9. The maximum atomic E-state index is 14.5. The van der Waals surface area contributed by atoms with Gasteiger partial charge in [-0.05, 0) is 47.7 Å². The van der Waals surface area contributed by atoms with Gasteiger partial charge in [-0.25, -0.2) is 0 Å². The molecule has 0 saturated carbocycles. The number of hydrogen-bond donors (Lipinski definition) is 0. The van der Waals surface area contributed by atoms with Gasteiger partial charge in [0.2, 0.25) is 11.8 Å². The second-order valence-electron chi connectivity index (χ2n) is 11.4. The molecular weight excluding hydrogens is 560 g/mol. The number of benzene rings is 3. The standard InChI is InChI=1S/C37H36N6O2/c1-27-22-33(41(2)40-27)16-17-36(44)43(25-29-12-14-31(15-13-29)34-24-38-19-20-39-34)35(23-28-8-4-3-5-9-28)37(45)42-21-18-30-10-6-7-11-32(30)26-42/h3-17,19-20,22,24,35H,18,21,23,25-26H2,1-2H3/b17-16+/t35-/m0/s1. The van der Waals surface area contributed by atoms with Crippen LogP contribution in [-0.2, 0) is 42.6 Å². The smallest absolute Gasteiger partial charge is 0.247 e. The largest absolute Gasteiger partial charge is 0.336 e. The van der Waals surface area contributed by atoms with Crippen LogP contribution < -0.4 is 0 Å². The predicted molar refractivity (Wildman–Crippen MR) is 174 cm³/mol. The Balaban J connectivity index is 1.35. The molecule has 45 heavy (non-hydrogen) atoms. The highest BCUT2D eigenvalue weighted by Crippen LogP contribution is 2.24. The van der Waals surface area contributed by atoms with Crippen LogP contribution in [0.1, 0.15) is 33.6 Å². The topological polar surface area (TPSA) is 84.2 Å². The fourth-order valence-electron chi connectivity index (χ4n) is 5.87. The lowest BCUT2D eigenvalue weighted by atomic mass is 9.97. The monoisotopic (exact) mass is 596 g/mol. The normalized spacial score (nSPS) is 13.4. The van der Waals surface area contributed by atoms with E-state index in [4.69, 9.17) is 0 Å². The highest BCUT2D eigenvalue weighted by molar-refractivity contribution is 5.95. The minimum atomic E-state index is -0.706. The summed E-state index contributed by atoms with van der Waals surface area (Å²) >= 11 is 0. The Bertz CT molecular complexity index is 1800. The molecule has 0 aliphatic carbocycles. The highest BCUT2D eigenvalue weighted by Gasteiger charge is 2.34. The summed E-state index contributed by atoms with van der Waals surface area (Å²) in [7, 11) is 1.85. The van der Waals surface area contributed by atoms with Crippen LogP contribution in [0.4, 0.5) is 0 Å². The van der Waals surface area contributed by atoms with Crippen molar-refractivity contribution < 1.29 is 9.59 Å². The average molecular weight is 597 g/mol. The van der Waals surface area contributed by atoms with E-state index in [2.05, 4.69) is 27.2 Å². The Kier molecular flexibility index (Phi) is 8.91. The minimum Gasteiger partial charge on any atom is -0.336 e. The molecule has 0 radical (unpaired) electrons. The predicted octanol–water partition coefficient (Wildman–Crippen LogP) is 5.42. The molecule has 3 heterocycles. The van der Waals surface area contributed by atoms with E-state index < -0.39 is 6.04 Å². The quantitative estimate of drug-likeness (QED) is 0.212. The lowest BCUT2D eigenvalue weighted by molar-refractivity contribution is -0.144. The Hall–Kier alpha value is -5.37. The number of fused-ring (bicyclic) bond motifs is 1. The zero-order valence-electron chi connectivity index (χ0n) is 25.6. The minimum absolute atomic E-state index is 0.0531. The number of rotatable bonds is 9. The molecule has 2 aromatic heterocycles. The van der Waals surface area contributed by atoms with E-state index in [1.807, 2.05) is 91.7 Å². The summed E-state index contributed by atoms with van der Waals surface area (Å²) in [6.45, 7) is 3.32. The summed E-state index contributed by atoms with van der Waals surface area (Å²) in [5.41, 5.74) is 7.71. The summed E-state index contributed by atoms with van der Waals surface area (Å²) in [5, 5.41) is 4.40. The van der Waals surface area contributed by atoms with Gasteiger partial charge in [0.1, 0.15) is 6.04 Å². The van der Waals surface area contributed by atoms with Crippen molar-refractivity contribution in [2.24, 2.45) is 7.05 Å². The summed E-state index contributed by atoms with van der Waals surface area (Å²) < 4.78 is 1.74. The van der Waals surface area contributed by atoms with Gasteiger partial charge in [-0.15, -0.1) is 0 Å². The molecule has 1 aliphatic heterocycles. The lowest BCUT2D eigenvalue weighted by Gasteiger charge is -2.37. The first-order valence-electron chi connectivity index (χ1n) is 15.2. The molecule has 8 nitrogen and oxygen atoms in total. The molecule has 3 aromatic carbocycles. The zero-order valence-corrected chi connectivity index (χ0v) is 25.6. The van der Waals surface area contributed by atoms with Crippen molar-refractivity contribution in [1.82, 2.24) is 29.5 Å². The van der Waals surface area contributed by atoms with E-state index in [-0.39, 0.29) is 18.4 Å². The third-order valence-electron chi connectivity index (χ3n) is 8.26. The van der Waals surface area contributed by atoms with E-state index in [1.54, 1.807) is 40.3 Å². The van der Waals surface area contributed by atoms with Gasteiger partial charge in [-0.2, -0.15) is 5.10 Å². The number of amides is 2. The number of aromatic nitrogens is 4. The van der Waals surface area contributed by atoms with Crippen LogP contribution in [0.5, 0.6) is 0 Å². The van der Waals surface area contributed by atoms with Crippen molar-refractivity contribution >= 4 is 17.9 Å². The maximum absolute atomic E-state index is 14.5. The molecule has 0 bridgehead atoms. The molecule has 0 unspecified atom stereocenters. The van der Waals surface area contributed by atoms with E-state index in [0.717, 1.165) is 45.8 Å². The Morgan fingerprint density at radius 1 is 0.933 bits per heavy atom. The van der Waals surface area contributed by atoms with Crippen LogP contribution >= 0.6 is 0 Å². The molecular formula is C37H36N6O2.